The molecule has 15 heteroatoms. The first kappa shape index (κ1) is 20.8. The quantitative estimate of drug-likeness (QED) is 0.389. The van der Waals surface area contributed by atoms with Gasteiger partial charge >= 0.3 is 30.7 Å². The molecule has 0 radical (unpaired) electrons. The van der Waals surface area contributed by atoms with Gasteiger partial charge in [-0.1, -0.05) is 0 Å². The largest absolute Gasteiger partial charge is 0.495 e. The van der Waals surface area contributed by atoms with E-state index in [1.807, 2.05) is 9.47 Å². The van der Waals surface area contributed by atoms with Crippen LogP contribution in [0.15, 0.2) is 0 Å². The Hall–Kier alpha value is -1.19. The highest BCUT2D eigenvalue weighted by molar-refractivity contribution is 5.57. The van der Waals surface area contributed by atoms with Gasteiger partial charge in [0.25, 0.3) is 0 Å². The molecule has 0 atom stereocenters. The summed E-state index contributed by atoms with van der Waals surface area (Å²) >= 11 is 0. The van der Waals surface area contributed by atoms with Crippen LogP contribution in [0.2, 0.25) is 0 Å². The van der Waals surface area contributed by atoms with Crippen LogP contribution in [0, 0.1) is 0 Å². The van der Waals surface area contributed by atoms with E-state index in [-0.39, 0.29) is 0 Å². The smallest absolute Gasteiger partial charge is 0.387 e. The number of hydrogen-bond donors (Lipinski definition) is 1. The van der Waals surface area contributed by atoms with Gasteiger partial charge in [-0.15, -0.1) is 8.78 Å². The lowest BCUT2D eigenvalue weighted by molar-refractivity contribution is -0.562. The summed E-state index contributed by atoms with van der Waals surface area (Å²) < 4.78 is 130. The van der Waals surface area contributed by atoms with Gasteiger partial charge in [-0.05, 0) is 0 Å². The van der Waals surface area contributed by atoms with Crippen molar-refractivity contribution in [1.29, 1.82) is 0 Å². The molecule has 0 saturated heterocycles. The third kappa shape index (κ3) is 5.90. The van der Waals surface area contributed by atoms with Gasteiger partial charge in [0, 0.05) is 0 Å². The van der Waals surface area contributed by atoms with Crippen LogP contribution in [0.25, 0.3) is 0 Å². The van der Waals surface area contributed by atoms with Crippen molar-refractivity contribution in [3.63, 3.8) is 0 Å². The molecule has 0 aliphatic rings. The Morgan fingerprint density at radius 3 is 1.55 bits per heavy atom. The maximum absolute atomic E-state index is 12.6. The highest BCUT2D eigenvalue weighted by Crippen LogP contribution is 2.44. The standard InChI is InChI=1S/C7H4F10O5/c8-3(9,1-18)20-5(12,13)6(14,15)22-7(16,17)21-4(10,11)2-19/h1,19H,2H2. The van der Waals surface area contributed by atoms with Crippen LogP contribution >= 0.6 is 0 Å². The van der Waals surface area contributed by atoms with E-state index in [0.717, 1.165) is 0 Å². The molecule has 1 N–H and O–H groups in total. The zero-order valence-electron chi connectivity index (χ0n) is 9.64. The number of halogens is 10. The Balaban J connectivity index is 5.18. The molecule has 0 aromatic heterocycles. The van der Waals surface area contributed by atoms with Gasteiger partial charge in [-0.25, -0.2) is 14.2 Å². The maximum atomic E-state index is 12.6. The molecule has 0 heterocycles. The monoisotopic (exact) mass is 358 g/mol. The average molecular weight is 358 g/mol. The molecule has 0 aliphatic heterocycles. The fourth-order valence-electron chi connectivity index (χ4n) is 0.690. The molecule has 0 aliphatic carbocycles. The molecular weight excluding hydrogens is 354 g/mol. The van der Waals surface area contributed by atoms with Crippen molar-refractivity contribution in [3.8, 4) is 0 Å². The summed E-state index contributed by atoms with van der Waals surface area (Å²) in [6.45, 7) is -2.48. The van der Waals surface area contributed by atoms with Crippen LogP contribution in [0.1, 0.15) is 0 Å². The summed E-state index contributed by atoms with van der Waals surface area (Å²) in [4.78, 5) is 9.55. The molecular formula is C7H4F10O5. The van der Waals surface area contributed by atoms with Crippen molar-refractivity contribution in [3.05, 3.63) is 0 Å². The van der Waals surface area contributed by atoms with Gasteiger partial charge in [0.2, 0.25) is 6.29 Å². The highest BCUT2D eigenvalue weighted by atomic mass is 19.3. The Labute approximate surface area is 113 Å². The average Bonchev–Trinajstić information content (AvgIpc) is 2.24. The zero-order chi connectivity index (χ0) is 18.0. The first-order chi connectivity index (χ1) is 9.49. The van der Waals surface area contributed by atoms with Crippen molar-refractivity contribution in [2.75, 3.05) is 6.61 Å². The number of aliphatic hydroxyl groups is 1. The lowest BCUT2D eigenvalue weighted by Gasteiger charge is -2.30. The molecule has 0 amide bonds. The highest BCUT2D eigenvalue weighted by Gasteiger charge is 2.68. The van der Waals surface area contributed by atoms with Gasteiger partial charge in [0.15, 0.2) is 0 Å². The van der Waals surface area contributed by atoms with E-state index in [1.54, 1.807) is 0 Å². The fourth-order valence-corrected chi connectivity index (χ4v) is 0.690. The van der Waals surface area contributed by atoms with E-state index in [1.165, 1.54) is 0 Å². The van der Waals surface area contributed by atoms with Crippen molar-refractivity contribution in [1.82, 2.24) is 0 Å². The lowest BCUT2D eigenvalue weighted by atomic mass is 10.5. The predicted molar refractivity (Wildman–Crippen MR) is 41.1 cm³/mol. The minimum atomic E-state index is -6.63. The van der Waals surface area contributed by atoms with Crippen LogP contribution in [-0.2, 0) is 19.0 Å². The summed E-state index contributed by atoms with van der Waals surface area (Å²) in [5, 5.41) is 7.84. The zero-order valence-corrected chi connectivity index (χ0v) is 9.64. The van der Waals surface area contributed by atoms with Crippen LogP contribution in [0.5, 0.6) is 0 Å². The van der Waals surface area contributed by atoms with E-state index < -0.39 is 43.6 Å². The molecule has 0 spiro atoms. The first-order valence-corrected chi connectivity index (χ1v) is 4.56. The first-order valence-electron chi connectivity index (χ1n) is 4.56. The Morgan fingerprint density at radius 1 is 0.773 bits per heavy atom. The number of carbonyl (C=O) groups excluding carboxylic acids is 1. The van der Waals surface area contributed by atoms with Crippen molar-refractivity contribution in [2.45, 2.75) is 30.7 Å². The topological polar surface area (TPSA) is 65.0 Å². The van der Waals surface area contributed by atoms with Crippen molar-refractivity contribution >= 4 is 6.29 Å². The van der Waals surface area contributed by atoms with Gasteiger partial charge in [-0.2, -0.15) is 35.1 Å². The molecule has 0 rings (SSSR count). The van der Waals surface area contributed by atoms with E-state index in [4.69, 9.17) is 5.11 Å². The minimum Gasteiger partial charge on any atom is -0.387 e. The molecule has 0 unspecified atom stereocenters. The molecule has 22 heavy (non-hydrogen) atoms. The lowest BCUT2D eigenvalue weighted by Crippen LogP contribution is -2.53. The number of hydrogen-bond acceptors (Lipinski definition) is 5. The molecule has 0 aromatic carbocycles. The number of aldehydes is 1. The van der Waals surface area contributed by atoms with E-state index in [9.17, 15) is 48.7 Å². The molecule has 0 fully saturated rings. The predicted octanol–water partition coefficient (Wildman–Crippen LogP) is 2.15. The van der Waals surface area contributed by atoms with Gasteiger partial charge < -0.3 is 5.11 Å². The van der Waals surface area contributed by atoms with Crippen molar-refractivity contribution in [2.24, 2.45) is 0 Å². The van der Waals surface area contributed by atoms with Gasteiger partial charge in [-0.3, -0.25) is 4.79 Å². The van der Waals surface area contributed by atoms with Crippen LogP contribution in [0.4, 0.5) is 43.9 Å². The van der Waals surface area contributed by atoms with E-state index in [0.29, 0.717) is 0 Å². The minimum absolute atomic E-state index is 1.68. The molecule has 0 aromatic rings. The second-order valence-corrected chi connectivity index (χ2v) is 3.28. The fraction of sp³-hybridized carbons (Fsp3) is 0.857. The summed E-state index contributed by atoms with van der Waals surface area (Å²) in [5.74, 6) is 0. The molecule has 0 saturated carbocycles. The summed E-state index contributed by atoms with van der Waals surface area (Å²) in [6.07, 6.45) is -31.7. The van der Waals surface area contributed by atoms with Crippen LogP contribution in [-0.4, -0.2) is 48.7 Å². The number of alkyl halides is 10. The van der Waals surface area contributed by atoms with Crippen LogP contribution < -0.4 is 0 Å². The third-order valence-electron chi connectivity index (χ3n) is 1.44. The van der Waals surface area contributed by atoms with E-state index >= 15 is 0 Å². The Kier molecular flexibility index (Phi) is 5.80. The summed E-state index contributed by atoms with van der Waals surface area (Å²) in [6, 6.07) is 0. The Morgan fingerprint density at radius 2 is 1.18 bits per heavy atom. The maximum Gasteiger partial charge on any atom is 0.495 e. The summed E-state index contributed by atoms with van der Waals surface area (Å²) in [7, 11) is 0. The van der Waals surface area contributed by atoms with E-state index in [2.05, 4.69) is 4.74 Å². The SMILES string of the molecule is O=CC(F)(F)OC(F)(F)C(F)(F)OC(F)(F)OC(F)(F)CO. The number of ether oxygens (including phenoxy) is 3. The molecule has 5 nitrogen and oxygen atoms in total. The summed E-state index contributed by atoms with van der Waals surface area (Å²) in [5.41, 5.74) is 0. The van der Waals surface area contributed by atoms with Crippen LogP contribution in [0.3, 0.4) is 0 Å². The van der Waals surface area contributed by atoms with Gasteiger partial charge in [0.1, 0.15) is 6.61 Å². The second kappa shape index (κ2) is 6.13. The normalized spacial score (nSPS) is 15.0. The molecule has 132 valence electrons. The van der Waals surface area contributed by atoms with Crippen molar-refractivity contribution < 1.29 is 68.0 Å². The van der Waals surface area contributed by atoms with Gasteiger partial charge in [0.05, 0.1) is 0 Å². The second-order valence-electron chi connectivity index (χ2n) is 3.28. The molecule has 0 bridgehead atoms. The number of aliphatic hydroxyl groups excluding tert-OH is 1. The number of rotatable bonds is 9. The number of carbonyl (C=O) groups is 1. The Bertz CT molecular complexity index is 397. The third-order valence-corrected chi connectivity index (χ3v) is 1.44.